The van der Waals surface area contributed by atoms with Crippen LogP contribution in [0.25, 0.3) is 10.2 Å². The molecule has 0 bridgehead atoms. The van der Waals surface area contributed by atoms with Crippen LogP contribution in [-0.2, 0) is 10.0 Å². The minimum atomic E-state index is -3.51. The summed E-state index contributed by atoms with van der Waals surface area (Å²) < 4.78 is 28.3. The summed E-state index contributed by atoms with van der Waals surface area (Å²) in [5, 5.41) is 1.92. The number of pyridine rings is 2. The lowest BCUT2D eigenvalue weighted by Gasteiger charge is -2.35. The van der Waals surface area contributed by atoms with Crippen molar-refractivity contribution >= 4 is 37.3 Å². The Labute approximate surface area is 150 Å². The first-order valence-electron chi connectivity index (χ1n) is 8.05. The highest BCUT2D eigenvalue weighted by molar-refractivity contribution is 7.89. The molecule has 0 radical (unpaired) electrons. The van der Waals surface area contributed by atoms with E-state index < -0.39 is 10.0 Å². The van der Waals surface area contributed by atoms with E-state index in [1.807, 2.05) is 30.6 Å². The van der Waals surface area contributed by atoms with Gasteiger partial charge < -0.3 is 4.90 Å². The second-order valence-corrected chi connectivity index (χ2v) is 8.91. The molecule has 3 aromatic heterocycles. The Hall–Kier alpha value is -2.03. The zero-order valence-electron chi connectivity index (χ0n) is 13.8. The first-order valence-corrected chi connectivity index (χ1v) is 10.4. The Bertz CT molecular complexity index is 1010. The number of fused-ring (bicyclic) bond motifs is 1. The molecule has 0 spiro atoms. The van der Waals surface area contributed by atoms with E-state index >= 15 is 0 Å². The minimum Gasteiger partial charge on any atom is -0.369 e. The summed E-state index contributed by atoms with van der Waals surface area (Å²) in [6.07, 6.45) is 5.07. The second kappa shape index (κ2) is 6.36. The fourth-order valence-electron chi connectivity index (χ4n) is 3.11. The third-order valence-corrected chi connectivity index (χ3v) is 7.20. The highest BCUT2D eigenvalue weighted by Gasteiger charge is 2.29. The summed E-state index contributed by atoms with van der Waals surface area (Å²) >= 11 is 1.50. The molecule has 3 aromatic rings. The van der Waals surface area contributed by atoms with E-state index in [0.29, 0.717) is 26.2 Å². The first kappa shape index (κ1) is 16.4. The monoisotopic (exact) mass is 374 g/mol. The average Bonchev–Trinajstić information content (AvgIpc) is 3.10. The van der Waals surface area contributed by atoms with Crippen molar-refractivity contribution in [2.75, 3.05) is 31.1 Å². The maximum absolute atomic E-state index is 12.9. The van der Waals surface area contributed by atoms with E-state index in [1.54, 1.807) is 16.6 Å². The molecule has 0 aromatic carbocycles. The standard InChI is InChI=1S/C17H18N4O2S2/c1-13-11-18-4-2-16(13)20-5-7-21(8-6-20)25(22,23)14-10-17-15(19-12-14)3-9-24-17/h2-4,9-12H,5-8H2,1H3. The number of thiophene rings is 1. The summed E-state index contributed by atoms with van der Waals surface area (Å²) in [7, 11) is -3.51. The third kappa shape index (κ3) is 3.01. The zero-order chi connectivity index (χ0) is 17.4. The van der Waals surface area contributed by atoms with Crippen LogP contribution in [0.4, 0.5) is 5.69 Å². The molecule has 0 atom stereocenters. The van der Waals surface area contributed by atoms with Crippen LogP contribution in [0.1, 0.15) is 5.56 Å². The van der Waals surface area contributed by atoms with Gasteiger partial charge in [-0.3, -0.25) is 9.97 Å². The molecule has 0 unspecified atom stereocenters. The van der Waals surface area contributed by atoms with Crippen LogP contribution in [-0.4, -0.2) is 48.9 Å². The Morgan fingerprint density at radius 2 is 1.92 bits per heavy atom. The number of hydrogen-bond acceptors (Lipinski definition) is 6. The summed E-state index contributed by atoms with van der Waals surface area (Å²) in [6, 6.07) is 5.60. The molecule has 0 amide bonds. The predicted octanol–water partition coefficient (Wildman–Crippen LogP) is 2.51. The first-order chi connectivity index (χ1) is 12.1. The second-order valence-electron chi connectivity index (χ2n) is 6.03. The summed E-state index contributed by atoms with van der Waals surface area (Å²) in [6.45, 7) is 4.28. The number of rotatable bonds is 3. The molecular formula is C17H18N4O2S2. The van der Waals surface area contributed by atoms with Crippen molar-refractivity contribution in [3.05, 3.63) is 47.7 Å². The molecule has 25 heavy (non-hydrogen) atoms. The van der Waals surface area contributed by atoms with E-state index in [4.69, 9.17) is 0 Å². The van der Waals surface area contributed by atoms with E-state index in [0.717, 1.165) is 21.5 Å². The summed E-state index contributed by atoms with van der Waals surface area (Å²) in [4.78, 5) is 10.9. The van der Waals surface area contributed by atoms with E-state index in [2.05, 4.69) is 14.9 Å². The van der Waals surface area contributed by atoms with Crippen molar-refractivity contribution in [2.45, 2.75) is 11.8 Å². The van der Waals surface area contributed by atoms with Crippen molar-refractivity contribution in [2.24, 2.45) is 0 Å². The molecule has 1 fully saturated rings. The van der Waals surface area contributed by atoms with Crippen LogP contribution >= 0.6 is 11.3 Å². The van der Waals surface area contributed by atoms with Crippen molar-refractivity contribution in [3.8, 4) is 0 Å². The quantitative estimate of drug-likeness (QED) is 0.705. The fourth-order valence-corrected chi connectivity index (χ4v) is 5.36. The number of nitrogens with zero attached hydrogens (tertiary/aromatic N) is 4. The van der Waals surface area contributed by atoms with Crippen molar-refractivity contribution < 1.29 is 8.42 Å². The van der Waals surface area contributed by atoms with Crippen LogP contribution < -0.4 is 4.90 Å². The maximum Gasteiger partial charge on any atom is 0.244 e. The van der Waals surface area contributed by atoms with Gasteiger partial charge >= 0.3 is 0 Å². The lowest BCUT2D eigenvalue weighted by molar-refractivity contribution is 0.384. The van der Waals surface area contributed by atoms with E-state index in [9.17, 15) is 8.42 Å². The number of aromatic nitrogens is 2. The molecule has 4 rings (SSSR count). The van der Waals surface area contributed by atoms with Gasteiger partial charge in [0.15, 0.2) is 0 Å². The smallest absolute Gasteiger partial charge is 0.244 e. The minimum absolute atomic E-state index is 0.274. The third-order valence-electron chi connectivity index (χ3n) is 4.49. The number of piperazine rings is 1. The highest BCUT2D eigenvalue weighted by atomic mass is 32.2. The lowest BCUT2D eigenvalue weighted by Crippen LogP contribution is -2.48. The van der Waals surface area contributed by atoms with Crippen molar-refractivity contribution in [3.63, 3.8) is 0 Å². The molecule has 130 valence electrons. The van der Waals surface area contributed by atoms with Gasteiger partial charge in [0.25, 0.3) is 0 Å². The van der Waals surface area contributed by atoms with Gasteiger partial charge in [0.2, 0.25) is 10.0 Å². The fraction of sp³-hybridized carbons (Fsp3) is 0.294. The number of aryl methyl sites for hydroxylation is 1. The Morgan fingerprint density at radius 1 is 1.12 bits per heavy atom. The predicted molar refractivity (Wildman–Crippen MR) is 99.6 cm³/mol. The Kier molecular flexibility index (Phi) is 4.18. The molecule has 1 saturated heterocycles. The van der Waals surface area contributed by atoms with E-state index in [-0.39, 0.29) is 4.90 Å². The number of anilines is 1. The van der Waals surface area contributed by atoms with Gasteiger partial charge in [0, 0.05) is 50.5 Å². The molecule has 1 aliphatic heterocycles. The molecule has 4 heterocycles. The molecule has 0 aliphatic carbocycles. The molecule has 0 saturated carbocycles. The van der Waals surface area contributed by atoms with Gasteiger partial charge in [0.1, 0.15) is 4.90 Å². The van der Waals surface area contributed by atoms with Gasteiger partial charge in [0.05, 0.1) is 10.2 Å². The maximum atomic E-state index is 12.9. The molecule has 1 aliphatic rings. The molecule has 6 nitrogen and oxygen atoms in total. The lowest BCUT2D eigenvalue weighted by atomic mass is 10.2. The van der Waals surface area contributed by atoms with Crippen LogP contribution in [0.5, 0.6) is 0 Å². The van der Waals surface area contributed by atoms with E-state index in [1.165, 1.54) is 17.5 Å². The number of sulfonamides is 1. The largest absolute Gasteiger partial charge is 0.369 e. The van der Waals surface area contributed by atoms with Gasteiger partial charge in [-0.1, -0.05) is 0 Å². The van der Waals surface area contributed by atoms with Crippen LogP contribution in [0.3, 0.4) is 0 Å². The molecular weight excluding hydrogens is 356 g/mol. The summed E-state index contributed by atoms with van der Waals surface area (Å²) in [5.74, 6) is 0. The van der Waals surface area contributed by atoms with Gasteiger partial charge in [-0.25, -0.2) is 8.42 Å². The topological polar surface area (TPSA) is 66.4 Å². The van der Waals surface area contributed by atoms with Crippen LogP contribution in [0, 0.1) is 6.92 Å². The normalized spacial score (nSPS) is 16.4. The van der Waals surface area contributed by atoms with Gasteiger partial charge in [-0.15, -0.1) is 11.3 Å². The summed E-state index contributed by atoms with van der Waals surface area (Å²) in [5.41, 5.74) is 3.06. The van der Waals surface area contributed by atoms with Crippen LogP contribution in [0.15, 0.2) is 47.1 Å². The highest BCUT2D eigenvalue weighted by Crippen LogP contribution is 2.26. The van der Waals surface area contributed by atoms with Crippen molar-refractivity contribution in [1.29, 1.82) is 0 Å². The average molecular weight is 374 g/mol. The Morgan fingerprint density at radius 3 is 2.68 bits per heavy atom. The zero-order valence-corrected chi connectivity index (χ0v) is 15.4. The van der Waals surface area contributed by atoms with Gasteiger partial charge in [-0.2, -0.15) is 4.31 Å². The molecule has 0 N–H and O–H groups in total. The van der Waals surface area contributed by atoms with Crippen molar-refractivity contribution in [1.82, 2.24) is 14.3 Å². The Balaban J connectivity index is 1.54. The number of hydrogen-bond donors (Lipinski definition) is 0. The molecule has 8 heteroatoms. The van der Waals surface area contributed by atoms with Gasteiger partial charge in [-0.05, 0) is 36.1 Å². The van der Waals surface area contributed by atoms with Crippen LogP contribution in [0.2, 0.25) is 0 Å². The SMILES string of the molecule is Cc1cnccc1N1CCN(S(=O)(=O)c2cnc3ccsc3c2)CC1.